The van der Waals surface area contributed by atoms with Gasteiger partial charge in [-0.2, -0.15) is 0 Å². The second kappa shape index (κ2) is 5.64. The van der Waals surface area contributed by atoms with Crippen molar-refractivity contribution < 1.29 is 4.79 Å². The summed E-state index contributed by atoms with van der Waals surface area (Å²) in [5, 5.41) is 3.02. The summed E-state index contributed by atoms with van der Waals surface area (Å²) in [7, 11) is 0. The molecule has 0 unspecified atom stereocenters. The van der Waals surface area contributed by atoms with Gasteiger partial charge in [0.1, 0.15) is 0 Å². The standard InChI is InChI=1S/C14H16N4O2/c1-8(2)16-14-15-6-11(13(20)18-14)12-5-4-10(7-19)9(3)17-12/h4-8H,1-3H3,(H2,15,16,18,20). The normalized spacial score (nSPS) is 10.6. The minimum Gasteiger partial charge on any atom is -0.354 e. The van der Waals surface area contributed by atoms with Gasteiger partial charge in [0.2, 0.25) is 5.95 Å². The summed E-state index contributed by atoms with van der Waals surface area (Å²) in [6, 6.07) is 3.46. The Morgan fingerprint density at radius 2 is 2.10 bits per heavy atom. The van der Waals surface area contributed by atoms with E-state index in [0.29, 0.717) is 28.5 Å². The minimum absolute atomic E-state index is 0.177. The van der Waals surface area contributed by atoms with Crippen molar-refractivity contribution in [3.05, 3.63) is 39.9 Å². The Bertz CT molecular complexity index is 692. The average molecular weight is 272 g/mol. The third-order valence-corrected chi connectivity index (χ3v) is 2.75. The van der Waals surface area contributed by atoms with E-state index in [1.807, 2.05) is 13.8 Å². The maximum atomic E-state index is 12.0. The smallest absolute Gasteiger partial charge is 0.261 e. The molecule has 6 nitrogen and oxygen atoms in total. The lowest BCUT2D eigenvalue weighted by Gasteiger charge is -2.09. The first-order valence-electron chi connectivity index (χ1n) is 6.30. The summed E-state index contributed by atoms with van der Waals surface area (Å²) in [6.07, 6.45) is 2.22. The van der Waals surface area contributed by atoms with Crippen LogP contribution < -0.4 is 10.9 Å². The summed E-state index contributed by atoms with van der Waals surface area (Å²) in [4.78, 5) is 33.9. The van der Waals surface area contributed by atoms with Crippen LogP contribution in [0.5, 0.6) is 0 Å². The second-order valence-electron chi connectivity index (χ2n) is 4.76. The van der Waals surface area contributed by atoms with Crippen LogP contribution in [0.25, 0.3) is 11.3 Å². The van der Waals surface area contributed by atoms with E-state index in [1.165, 1.54) is 6.20 Å². The highest BCUT2D eigenvalue weighted by Gasteiger charge is 2.09. The molecule has 6 heteroatoms. The molecule has 0 fully saturated rings. The van der Waals surface area contributed by atoms with E-state index in [1.54, 1.807) is 19.1 Å². The Morgan fingerprint density at radius 1 is 1.35 bits per heavy atom. The number of H-pyrrole nitrogens is 1. The molecule has 2 N–H and O–H groups in total. The van der Waals surface area contributed by atoms with Crippen LogP contribution in [0.15, 0.2) is 23.1 Å². The predicted octanol–water partition coefficient (Wildman–Crippen LogP) is 1.77. The van der Waals surface area contributed by atoms with E-state index in [2.05, 4.69) is 20.3 Å². The van der Waals surface area contributed by atoms with Gasteiger partial charge in [0.15, 0.2) is 6.29 Å². The number of aldehydes is 1. The van der Waals surface area contributed by atoms with E-state index in [-0.39, 0.29) is 11.6 Å². The van der Waals surface area contributed by atoms with Crippen molar-refractivity contribution in [1.29, 1.82) is 0 Å². The lowest BCUT2D eigenvalue weighted by molar-refractivity contribution is 0.112. The van der Waals surface area contributed by atoms with Crippen LogP contribution in [-0.2, 0) is 0 Å². The van der Waals surface area contributed by atoms with E-state index in [4.69, 9.17) is 0 Å². The lowest BCUT2D eigenvalue weighted by Crippen LogP contribution is -2.18. The quantitative estimate of drug-likeness (QED) is 0.828. The zero-order valence-electron chi connectivity index (χ0n) is 11.6. The molecule has 0 saturated carbocycles. The highest BCUT2D eigenvalue weighted by atomic mass is 16.1. The number of rotatable bonds is 4. The number of aromatic nitrogens is 3. The molecule has 0 aliphatic carbocycles. The molecule has 0 aliphatic heterocycles. The highest BCUT2D eigenvalue weighted by molar-refractivity contribution is 5.77. The molecule has 0 radical (unpaired) electrons. The first kappa shape index (κ1) is 13.9. The fourth-order valence-corrected chi connectivity index (χ4v) is 1.77. The van der Waals surface area contributed by atoms with E-state index in [9.17, 15) is 9.59 Å². The number of carbonyl (C=O) groups excluding carboxylic acids is 1. The number of carbonyl (C=O) groups is 1. The average Bonchev–Trinajstić information content (AvgIpc) is 2.38. The molecule has 2 aromatic rings. The molecule has 0 spiro atoms. The monoisotopic (exact) mass is 272 g/mol. The molecule has 0 saturated heterocycles. The molecule has 2 heterocycles. The van der Waals surface area contributed by atoms with Crippen LogP contribution in [0.3, 0.4) is 0 Å². The first-order chi connectivity index (χ1) is 9.51. The first-order valence-corrected chi connectivity index (χ1v) is 6.30. The van der Waals surface area contributed by atoms with Crippen LogP contribution in [-0.4, -0.2) is 27.3 Å². The van der Waals surface area contributed by atoms with Crippen LogP contribution in [0.4, 0.5) is 5.95 Å². The maximum Gasteiger partial charge on any atom is 0.261 e. The minimum atomic E-state index is -0.270. The molecule has 2 aromatic heterocycles. The molecule has 20 heavy (non-hydrogen) atoms. The Kier molecular flexibility index (Phi) is 3.93. The van der Waals surface area contributed by atoms with Crippen LogP contribution in [0.1, 0.15) is 29.9 Å². The van der Waals surface area contributed by atoms with Gasteiger partial charge in [-0.15, -0.1) is 0 Å². The summed E-state index contributed by atoms with van der Waals surface area (Å²) < 4.78 is 0. The van der Waals surface area contributed by atoms with Crippen LogP contribution in [0.2, 0.25) is 0 Å². The SMILES string of the molecule is Cc1nc(-c2cnc(NC(C)C)[nH]c2=O)ccc1C=O. The zero-order chi connectivity index (χ0) is 14.7. The number of hydrogen-bond donors (Lipinski definition) is 2. The van der Waals surface area contributed by atoms with Crippen molar-refractivity contribution in [2.75, 3.05) is 5.32 Å². The molecule has 0 aromatic carbocycles. The second-order valence-corrected chi connectivity index (χ2v) is 4.76. The van der Waals surface area contributed by atoms with E-state index < -0.39 is 0 Å². The van der Waals surface area contributed by atoms with Crippen molar-refractivity contribution in [2.45, 2.75) is 26.8 Å². The van der Waals surface area contributed by atoms with Gasteiger partial charge >= 0.3 is 0 Å². The van der Waals surface area contributed by atoms with Crippen molar-refractivity contribution >= 4 is 12.2 Å². The van der Waals surface area contributed by atoms with Gasteiger partial charge < -0.3 is 5.32 Å². The van der Waals surface area contributed by atoms with Gasteiger partial charge in [-0.25, -0.2) is 4.98 Å². The maximum absolute atomic E-state index is 12.0. The number of hydrogen-bond acceptors (Lipinski definition) is 5. The summed E-state index contributed by atoms with van der Waals surface area (Å²) in [5.74, 6) is 0.426. The van der Waals surface area contributed by atoms with Gasteiger partial charge in [0.05, 0.1) is 11.3 Å². The third kappa shape index (κ3) is 2.90. The number of aryl methyl sites for hydroxylation is 1. The molecular weight excluding hydrogens is 256 g/mol. The highest BCUT2D eigenvalue weighted by Crippen LogP contribution is 2.14. The number of anilines is 1. The fourth-order valence-electron chi connectivity index (χ4n) is 1.77. The number of nitrogens with one attached hydrogen (secondary N) is 2. The van der Waals surface area contributed by atoms with E-state index in [0.717, 1.165) is 6.29 Å². The Balaban J connectivity index is 2.41. The largest absolute Gasteiger partial charge is 0.354 e. The molecule has 0 atom stereocenters. The van der Waals surface area contributed by atoms with Gasteiger partial charge in [-0.3, -0.25) is 19.6 Å². The molecule has 2 rings (SSSR count). The van der Waals surface area contributed by atoms with Crippen molar-refractivity contribution in [3.63, 3.8) is 0 Å². The number of nitrogens with zero attached hydrogens (tertiary/aromatic N) is 2. The van der Waals surface area contributed by atoms with Crippen molar-refractivity contribution in [1.82, 2.24) is 15.0 Å². The van der Waals surface area contributed by atoms with Gasteiger partial charge in [0, 0.05) is 23.5 Å². The molecule has 0 aliphatic rings. The van der Waals surface area contributed by atoms with Crippen LogP contribution in [0, 0.1) is 6.92 Å². The van der Waals surface area contributed by atoms with Gasteiger partial charge in [0.25, 0.3) is 5.56 Å². The molecular formula is C14H16N4O2. The van der Waals surface area contributed by atoms with Crippen molar-refractivity contribution in [3.8, 4) is 11.3 Å². The lowest BCUT2D eigenvalue weighted by atomic mass is 10.1. The Hall–Kier alpha value is -2.50. The summed E-state index contributed by atoms with van der Waals surface area (Å²) in [6.45, 7) is 5.64. The van der Waals surface area contributed by atoms with E-state index >= 15 is 0 Å². The Labute approximate surface area is 116 Å². The van der Waals surface area contributed by atoms with Gasteiger partial charge in [-0.1, -0.05) is 0 Å². The Morgan fingerprint density at radius 3 is 2.65 bits per heavy atom. The number of pyridine rings is 1. The molecule has 0 bridgehead atoms. The predicted molar refractivity (Wildman–Crippen MR) is 77.0 cm³/mol. The van der Waals surface area contributed by atoms with Crippen LogP contribution >= 0.6 is 0 Å². The third-order valence-electron chi connectivity index (χ3n) is 2.75. The number of aromatic amines is 1. The zero-order valence-corrected chi connectivity index (χ0v) is 11.6. The topological polar surface area (TPSA) is 87.7 Å². The molecule has 104 valence electrons. The molecule has 0 amide bonds. The van der Waals surface area contributed by atoms with Gasteiger partial charge in [-0.05, 0) is 32.9 Å². The summed E-state index contributed by atoms with van der Waals surface area (Å²) in [5.41, 5.74) is 1.70. The van der Waals surface area contributed by atoms with Crippen molar-refractivity contribution in [2.24, 2.45) is 0 Å². The summed E-state index contributed by atoms with van der Waals surface area (Å²) >= 11 is 0. The fraction of sp³-hybridized carbons (Fsp3) is 0.286.